The molecule has 0 bridgehead atoms. The molecule has 6 heteroatoms. The van der Waals surface area contributed by atoms with Crippen molar-refractivity contribution in [2.75, 3.05) is 18.8 Å². The molecule has 1 saturated carbocycles. The van der Waals surface area contributed by atoms with E-state index in [1.165, 1.54) is 19.3 Å². The molecule has 29 heavy (non-hydrogen) atoms. The summed E-state index contributed by atoms with van der Waals surface area (Å²) in [5, 5.41) is 3.17. The molecule has 1 aromatic carbocycles. The average molecular weight is 402 g/mol. The summed E-state index contributed by atoms with van der Waals surface area (Å²) in [5.74, 6) is 0.259. The molecule has 1 aliphatic heterocycles. The van der Waals surface area contributed by atoms with Gasteiger partial charge in [-0.1, -0.05) is 19.3 Å². The van der Waals surface area contributed by atoms with E-state index in [1.54, 1.807) is 11.0 Å². The smallest absolute Gasteiger partial charge is 0.410 e. The standard InChI is InChI=1S/C23H35N3O3/c1-23(2,3)29-22(28)26-11-9-16(10-12-26)17-13-18(15-19(24)14-17)21(27)25-20-7-5-4-6-8-20/h13-16,20H,4-12,24H2,1-3H3,(H,25,27). The molecule has 1 heterocycles. The first kappa shape index (κ1) is 21.5. The third-order valence-electron chi connectivity index (χ3n) is 5.80. The van der Waals surface area contributed by atoms with E-state index >= 15 is 0 Å². The summed E-state index contributed by atoms with van der Waals surface area (Å²) in [7, 11) is 0. The monoisotopic (exact) mass is 401 g/mol. The number of nitrogens with two attached hydrogens (primary N) is 1. The Morgan fingerprint density at radius 2 is 1.69 bits per heavy atom. The predicted octanol–water partition coefficient (Wildman–Crippen LogP) is 4.45. The molecule has 2 aliphatic rings. The number of likely N-dealkylation sites (tertiary alicyclic amines) is 1. The van der Waals surface area contributed by atoms with Gasteiger partial charge in [-0.15, -0.1) is 0 Å². The van der Waals surface area contributed by atoms with Gasteiger partial charge in [-0.25, -0.2) is 4.79 Å². The minimum absolute atomic E-state index is 0.0309. The number of nitrogens with one attached hydrogen (secondary N) is 1. The van der Waals surface area contributed by atoms with Crippen molar-refractivity contribution in [1.82, 2.24) is 10.2 Å². The van der Waals surface area contributed by atoms with Crippen LogP contribution in [0.5, 0.6) is 0 Å². The fourth-order valence-corrected chi connectivity index (χ4v) is 4.28. The molecular weight excluding hydrogens is 366 g/mol. The SMILES string of the molecule is CC(C)(C)OC(=O)N1CCC(c2cc(N)cc(C(=O)NC3CCCCC3)c2)CC1. The van der Waals surface area contributed by atoms with Crippen LogP contribution < -0.4 is 11.1 Å². The fraction of sp³-hybridized carbons (Fsp3) is 0.652. The van der Waals surface area contributed by atoms with Crippen molar-refractivity contribution in [2.45, 2.75) is 83.3 Å². The zero-order valence-electron chi connectivity index (χ0n) is 18.0. The van der Waals surface area contributed by atoms with Crippen LogP contribution in [0.3, 0.4) is 0 Å². The number of nitrogens with zero attached hydrogens (tertiary/aromatic N) is 1. The molecule has 1 aromatic rings. The predicted molar refractivity (Wildman–Crippen MR) is 115 cm³/mol. The van der Waals surface area contributed by atoms with Crippen LogP contribution in [-0.4, -0.2) is 41.6 Å². The molecular formula is C23H35N3O3. The van der Waals surface area contributed by atoms with E-state index < -0.39 is 5.60 Å². The van der Waals surface area contributed by atoms with Crippen LogP contribution in [0.15, 0.2) is 18.2 Å². The van der Waals surface area contributed by atoms with Crippen LogP contribution in [0.4, 0.5) is 10.5 Å². The van der Waals surface area contributed by atoms with E-state index in [0.29, 0.717) is 30.3 Å². The zero-order chi connectivity index (χ0) is 21.0. The second-order valence-corrected chi connectivity index (χ2v) is 9.44. The largest absolute Gasteiger partial charge is 0.444 e. The first-order valence-electron chi connectivity index (χ1n) is 10.9. The number of rotatable bonds is 3. The Morgan fingerprint density at radius 3 is 2.31 bits per heavy atom. The van der Waals surface area contributed by atoms with E-state index in [2.05, 4.69) is 5.32 Å². The van der Waals surface area contributed by atoms with Gasteiger partial charge in [0.15, 0.2) is 0 Å². The van der Waals surface area contributed by atoms with E-state index in [1.807, 2.05) is 32.9 Å². The molecule has 0 spiro atoms. The fourth-order valence-electron chi connectivity index (χ4n) is 4.28. The van der Waals surface area contributed by atoms with Crippen molar-refractivity contribution in [3.05, 3.63) is 29.3 Å². The lowest BCUT2D eigenvalue weighted by Crippen LogP contribution is -2.41. The second kappa shape index (κ2) is 9.06. The molecule has 3 rings (SSSR count). The highest BCUT2D eigenvalue weighted by molar-refractivity contribution is 5.95. The minimum atomic E-state index is -0.484. The Hall–Kier alpha value is -2.24. The van der Waals surface area contributed by atoms with Crippen LogP contribution >= 0.6 is 0 Å². The summed E-state index contributed by atoms with van der Waals surface area (Å²) >= 11 is 0. The van der Waals surface area contributed by atoms with Gasteiger partial charge in [-0.05, 0) is 76.1 Å². The molecule has 0 aromatic heterocycles. The number of ether oxygens (including phenoxy) is 1. The number of benzene rings is 1. The average Bonchev–Trinajstić information content (AvgIpc) is 2.67. The third kappa shape index (κ3) is 6.12. The van der Waals surface area contributed by atoms with Crippen LogP contribution in [0.2, 0.25) is 0 Å². The Kier molecular flexibility index (Phi) is 6.70. The van der Waals surface area contributed by atoms with Crippen molar-refractivity contribution in [1.29, 1.82) is 0 Å². The first-order chi connectivity index (χ1) is 13.7. The molecule has 0 radical (unpaired) electrons. The van der Waals surface area contributed by atoms with Gasteiger partial charge in [0.1, 0.15) is 5.60 Å². The summed E-state index contributed by atoms with van der Waals surface area (Å²) in [5.41, 5.74) is 7.98. The molecule has 0 atom stereocenters. The van der Waals surface area contributed by atoms with E-state index in [-0.39, 0.29) is 18.0 Å². The van der Waals surface area contributed by atoms with E-state index in [9.17, 15) is 9.59 Å². The zero-order valence-corrected chi connectivity index (χ0v) is 18.0. The summed E-state index contributed by atoms with van der Waals surface area (Å²) in [6.45, 7) is 6.94. The number of amides is 2. The quantitative estimate of drug-likeness (QED) is 0.733. The normalized spacial score (nSPS) is 19.1. The lowest BCUT2D eigenvalue weighted by molar-refractivity contribution is 0.0205. The highest BCUT2D eigenvalue weighted by Crippen LogP contribution is 2.31. The van der Waals surface area contributed by atoms with Gasteiger partial charge in [-0.3, -0.25) is 4.79 Å². The molecule has 6 nitrogen and oxygen atoms in total. The number of carbonyl (C=O) groups excluding carboxylic acids is 2. The number of piperidine rings is 1. The number of nitrogen functional groups attached to an aromatic ring is 1. The van der Waals surface area contributed by atoms with Crippen molar-refractivity contribution >= 4 is 17.7 Å². The van der Waals surface area contributed by atoms with Gasteiger partial charge in [0, 0.05) is 30.4 Å². The van der Waals surface area contributed by atoms with Crippen molar-refractivity contribution in [3.8, 4) is 0 Å². The topological polar surface area (TPSA) is 84.7 Å². The maximum atomic E-state index is 12.7. The third-order valence-corrected chi connectivity index (χ3v) is 5.80. The first-order valence-corrected chi connectivity index (χ1v) is 10.9. The Bertz CT molecular complexity index is 727. The lowest BCUT2D eigenvalue weighted by Gasteiger charge is -2.33. The van der Waals surface area contributed by atoms with Crippen molar-refractivity contribution in [3.63, 3.8) is 0 Å². The van der Waals surface area contributed by atoms with Crippen LogP contribution in [0, 0.1) is 0 Å². The summed E-state index contributed by atoms with van der Waals surface area (Å²) in [6.07, 6.45) is 7.17. The maximum absolute atomic E-state index is 12.7. The maximum Gasteiger partial charge on any atom is 0.410 e. The molecule has 2 fully saturated rings. The van der Waals surface area contributed by atoms with Gasteiger partial charge in [0.05, 0.1) is 0 Å². The van der Waals surface area contributed by atoms with Gasteiger partial charge >= 0.3 is 6.09 Å². The van der Waals surface area contributed by atoms with Crippen LogP contribution in [0.1, 0.15) is 87.6 Å². The van der Waals surface area contributed by atoms with Crippen LogP contribution in [-0.2, 0) is 4.74 Å². The van der Waals surface area contributed by atoms with Crippen molar-refractivity contribution < 1.29 is 14.3 Å². The van der Waals surface area contributed by atoms with E-state index in [4.69, 9.17) is 10.5 Å². The summed E-state index contributed by atoms with van der Waals surface area (Å²) in [6, 6.07) is 5.98. The number of carbonyl (C=O) groups is 2. The highest BCUT2D eigenvalue weighted by Gasteiger charge is 2.28. The lowest BCUT2D eigenvalue weighted by atomic mass is 9.88. The molecule has 2 amide bonds. The minimum Gasteiger partial charge on any atom is -0.444 e. The molecule has 160 valence electrons. The number of hydrogen-bond donors (Lipinski definition) is 2. The van der Waals surface area contributed by atoms with Gasteiger partial charge < -0.3 is 20.7 Å². The molecule has 0 unspecified atom stereocenters. The van der Waals surface area contributed by atoms with Gasteiger partial charge in [0.2, 0.25) is 0 Å². The van der Waals surface area contributed by atoms with Gasteiger partial charge in [0.25, 0.3) is 5.91 Å². The molecule has 1 saturated heterocycles. The molecule has 3 N–H and O–H groups in total. The van der Waals surface area contributed by atoms with E-state index in [0.717, 1.165) is 31.2 Å². The molecule has 1 aliphatic carbocycles. The second-order valence-electron chi connectivity index (χ2n) is 9.44. The van der Waals surface area contributed by atoms with Crippen LogP contribution in [0.25, 0.3) is 0 Å². The summed E-state index contributed by atoms with van der Waals surface area (Å²) in [4.78, 5) is 26.8. The Balaban J connectivity index is 1.61. The highest BCUT2D eigenvalue weighted by atomic mass is 16.6. The Labute approximate surface area is 174 Å². The number of hydrogen-bond acceptors (Lipinski definition) is 4. The Morgan fingerprint density at radius 1 is 1.03 bits per heavy atom. The number of anilines is 1. The van der Waals surface area contributed by atoms with Crippen molar-refractivity contribution in [2.24, 2.45) is 0 Å². The summed E-state index contributed by atoms with van der Waals surface area (Å²) < 4.78 is 5.47. The van der Waals surface area contributed by atoms with Gasteiger partial charge in [-0.2, -0.15) is 0 Å².